The topological polar surface area (TPSA) is 472 Å². The molecule has 0 bridgehead atoms. The Bertz CT molecular complexity index is 3990. The maximum absolute atomic E-state index is 14.8. The number of fused-ring (bicyclic) bond motifs is 2. The lowest BCUT2D eigenvalue weighted by Crippen LogP contribution is -2.58. The van der Waals surface area contributed by atoms with Crippen LogP contribution in [0, 0.1) is 10.8 Å². The Kier molecular flexibility index (Phi) is 31.3. The van der Waals surface area contributed by atoms with Crippen LogP contribution in [0.1, 0.15) is 119 Å². The minimum atomic E-state index is -1.31. The number of amides is 12. The quantitative estimate of drug-likeness (QED) is 0.0175. The van der Waals surface area contributed by atoms with E-state index in [0.717, 1.165) is 31.3 Å². The second-order valence-corrected chi connectivity index (χ2v) is 27.7. The van der Waals surface area contributed by atoms with Crippen molar-refractivity contribution in [3.8, 4) is 11.5 Å². The number of nitrogens with zero attached hydrogens (tertiary/aromatic N) is 2. The van der Waals surface area contributed by atoms with E-state index >= 15 is 0 Å². The summed E-state index contributed by atoms with van der Waals surface area (Å²) in [6, 6.07) is 28.0. The number of phenolic OH excluding ortho intramolecular Hbond substituents is 2. The molecular formula is C79H100N16O14. The van der Waals surface area contributed by atoms with Gasteiger partial charge in [-0.15, -0.1) is 0 Å². The van der Waals surface area contributed by atoms with E-state index in [1.807, 2.05) is 84.9 Å². The zero-order valence-corrected chi connectivity index (χ0v) is 61.4. The first-order chi connectivity index (χ1) is 52.3. The Morgan fingerprint density at radius 2 is 0.743 bits per heavy atom. The molecule has 0 radical (unpaired) electrons. The molecule has 2 aliphatic heterocycles. The predicted octanol–water partition coefficient (Wildman–Crippen LogP) is 2.45. The second-order valence-electron chi connectivity index (χ2n) is 27.7. The van der Waals surface area contributed by atoms with Gasteiger partial charge in [0.1, 0.15) is 59.8 Å². The molecule has 2 saturated heterocycles. The van der Waals surface area contributed by atoms with Crippen molar-refractivity contribution in [2.24, 2.45) is 11.5 Å². The Morgan fingerprint density at radius 1 is 0.394 bits per heavy atom. The van der Waals surface area contributed by atoms with E-state index in [1.54, 1.807) is 24.3 Å². The molecule has 0 aromatic heterocycles. The summed E-state index contributed by atoms with van der Waals surface area (Å²) >= 11 is 0. The normalized spacial score (nSPS) is 20.3. The van der Waals surface area contributed by atoms with Crippen LogP contribution in [0.15, 0.2) is 133 Å². The molecule has 6 aromatic carbocycles. The summed E-state index contributed by atoms with van der Waals surface area (Å²) in [4.78, 5) is 173. The van der Waals surface area contributed by atoms with Crippen LogP contribution in [0.5, 0.6) is 11.5 Å². The molecule has 6 aromatic rings. The molecule has 0 unspecified atom stereocenters. The number of hydrogen-bond donors (Lipinski definition) is 16. The highest BCUT2D eigenvalue weighted by atomic mass is 16.3. The fourth-order valence-electron chi connectivity index (χ4n) is 13.2. The van der Waals surface area contributed by atoms with E-state index in [9.17, 15) is 67.7 Å². The molecule has 580 valence electrons. The van der Waals surface area contributed by atoms with Crippen molar-refractivity contribution in [1.29, 1.82) is 10.8 Å². The molecule has 0 spiro atoms. The van der Waals surface area contributed by atoms with Gasteiger partial charge >= 0.3 is 0 Å². The number of carbonyl (C=O) groups excluding carboxylic acids is 12. The van der Waals surface area contributed by atoms with E-state index in [4.69, 9.17) is 22.3 Å². The lowest BCUT2D eigenvalue weighted by atomic mass is 10.00. The van der Waals surface area contributed by atoms with Gasteiger partial charge < -0.3 is 84.6 Å². The second kappa shape index (κ2) is 41.2. The van der Waals surface area contributed by atoms with Crippen LogP contribution in [0.3, 0.4) is 0 Å². The summed E-state index contributed by atoms with van der Waals surface area (Å²) in [5, 5.41) is 66.8. The van der Waals surface area contributed by atoms with Crippen LogP contribution in [0.4, 0.5) is 0 Å². The van der Waals surface area contributed by atoms with Gasteiger partial charge in [-0.05, 0) is 126 Å². The van der Waals surface area contributed by atoms with E-state index in [2.05, 4.69) is 53.2 Å². The minimum Gasteiger partial charge on any atom is -0.508 e. The zero-order valence-electron chi connectivity index (χ0n) is 61.4. The first-order valence-corrected chi connectivity index (χ1v) is 36.9. The third kappa shape index (κ3) is 26.2. The minimum absolute atomic E-state index is 0.00586. The number of nitrogens with two attached hydrogens (primary N) is 2. The number of benzene rings is 6. The van der Waals surface area contributed by atoms with E-state index in [1.165, 1.54) is 38.4 Å². The van der Waals surface area contributed by atoms with Crippen molar-refractivity contribution in [3.05, 3.63) is 156 Å². The van der Waals surface area contributed by atoms with E-state index < -0.39 is 132 Å². The molecular weight excluding hydrogens is 1400 g/mol. The van der Waals surface area contributed by atoms with Gasteiger partial charge in [-0.1, -0.05) is 122 Å². The summed E-state index contributed by atoms with van der Waals surface area (Å²) < 4.78 is 0. The lowest BCUT2D eigenvalue weighted by molar-refractivity contribution is -0.142. The molecule has 8 atom stereocenters. The van der Waals surface area contributed by atoms with Crippen LogP contribution in [0.25, 0.3) is 21.5 Å². The van der Waals surface area contributed by atoms with Gasteiger partial charge in [0.2, 0.25) is 70.9 Å². The fourth-order valence-corrected chi connectivity index (χ4v) is 13.2. The Balaban J connectivity index is 0.918. The number of phenols is 2. The summed E-state index contributed by atoms with van der Waals surface area (Å²) in [5.41, 5.74) is 13.8. The molecule has 30 heteroatoms. The number of nitrogens with one attached hydrogen (secondary N) is 12. The summed E-state index contributed by atoms with van der Waals surface area (Å²) in [6.07, 6.45) is 1.61. The Labute approximate surface area is 632 Å². The van der Waals surface area contributed by atoms with Gasteiger partial charge in [0.15, 0.2) is 0 Å². The fraction of sp³-hybridized carbons (Fsp3) is 0.418. The summed E-state index contributed by atoms with van der Waals surface area (Å²) in [5.74, 6) is -8.43. The monoisotopic (exact) mass is 1500 g/mol. The molecule has 109 heavy (non-hydrogen) atoms. The van der Waals surface area contributed by atoms with Gasteiger partial charge in [0.25, 0.3) is 0 Å². The maximum Gasteiger partial charge on any atom is 0.245 e. The van der Waals surface area contributed by atoms with Crippen LogP contribution in [-0.2, 0) is 83.2 Å². The number of unbranched alkanes of at least 4 members (excludes halogenated alkanes) is 2. The molecule has 0 aliphatic carbocycles. The van der Waals surface area contributed by atoms with Crippen LogP contribution in [-0.4, -0.2) is 191 Å². The highest BCUT2D eigenvalue weighted by Gasteiger charge is 2.38. The standard InChI is InChI=1S/C79H100N16O14/c1-94-64(76(106)90-58(18-7-9-22-66(80)81)74(104)92-60(44-50-26-32-52-14-3-5-16-54(52)40-50)72(102)86-46-70(100)88-62(78(94)108)42-48-28-34-56(96)35-29-48)20-12-38-84-68(98)24-11-25-69(99)85-39-13-21-65-77(107)91-59(19-8-10-23-67(82)83)75(105)93-61(45-51-27-33-53-15-4-6-17-55(53)41-51)73(103)87-47-71(101)89-63(79(109)95(65)2)43-49-30-36-57(97)37-31-49/h3-6,14-17,26-37,40-41,58-65,96-97H,7-13,18-25,38-39,42-47H2,1-2H3,(H3,80,81)(H3,82,83)(H,84,98)(H,85,99)(H,86,102)(H,87,103)(H,88,100)(H,89,101)(H,90,106)(H,91,107)(H,92,104)(H,93,105)/t58-,59-,60-,61-,62+,63+,64+,65+/m0/s1. The van der Waals surface area contributed by atoms with E-state index in [-0.39, 0.29) is 133 Å². The van der Waals surface area contributed by atoms with Crippen LogP contribution in [0.2, 0.25) is 0 Å². The van der Waals surface area contributed by atoms with Gasteiger partial charge in [0.05, 0.1) is 24.8 Å². The van der Waals surface area contributed by atoms with Crippen LogP contribution >= 0.6 is 0 Å². The Morgan fingerprint density at radius 3 is 1.12 bits per heavy atom. The average Bonchev–Trinajstić information content (AvgIpc) is 1.59. The first-order valence-electron chi connectivity index (χ1n) is 36.9. The largest absolute Gasteiger partial charge is 0.508 e. The number of hydrogen-bond acceptors (Lipinski definition) is 16. The summed E-state index contributed by atoms with van der Waals surface area (Å²) in [6.45, 7) is -1.20. The number of likely N-dealkylation sites (N-methyl/N-ethyl adjacent to an activating group) is 2. The molecule has 2 aliphatic rings. The van der Waals surface area contributed by atoms with Gasteiger partial charge in [-0.3, -0.25) is 68.4 Å². The molecule has 2 fully saturated rings. The molecule has 12 amide bonds. The lowest BCUT2D eigenvalue weighted by Gasteiger charge is -2.32. The molecule has 2 heterocycles. The number of aromatic hydroxyl groups is 2. The van der Waals surface area contributed by atoms with Gasteiger partial charge in [0, 0.05) is 78.6 Å². The smallest absolute Gasteiger partial charge is 0.245 e. The van der Waals surface area contributed by atoms with E-state index in [0.29, 0.717) is 47.9 Å². The van der Waals surface area contributed by atoms with Crippen molar-refractivity contribution in [2.45, 2.75) is 170 Å². The van der Waals surface area contributed by atoms with Crippen molar-refractivity contribution in [1.82, 2.24) is 63.0 Å². The predicted molar refractivity (Wildman–Crippen MR) is 409 cm³/mol. The average molecular weight is 1500 g/mol. The molecule has 18 N–H and O–H groups in total. The van der Waals surface area contributed by atoms with Crippen molar-refractivity contribution < 1.29 is 67.7 Å². The third-order valence-corrected chi connectivity index (χ3v) is 19.3. The highest BCUT2D eigenvalue weighted by molar-refractivity contribution is 5.99. The number of carbonyl (C=O) groups is 12. The number of amidine groups is 2. The number of rotatable bonds is 30. The van der Waals surface area contributed by atoms with Crippen molar-refractivity contribution in [2.75, 3.05) is 40.3 Å². The van der Waals surface area contributed by atoms with Crippen LogP contribution < -0.4 is 64.6 Å². The van der Waals surface area contributed by atoms with Crippen molar-refractivity contribution >= 4 is 104 Å². The zero-order chi connectivity index (χ0) is 78.5. The molecule has 8 rings (SSSR count). The summed E-state index contributed by atoms with van der Waals surface area (Å²) in [7, 11) is 2.75. The van der Waals surface area contributed by atoms with Gasteiger partial charge in [-0.2, -0.15) is 0 Å². The third-order valence-electron chi connectivity index (χ3n) is 19.3. The molecule has 0 saturated carbocycles. The first kappa shape index (κ1) is 82.7. The maximum atomic E-state index is 14.8. The van der Waals surface area contributed by atoms with Gasteiger partial charge in [-0.25, -0.2) is 0 Å². The molecule has 30 nitrogen and oxygen atoms in total. The Hall–Kier alpha value is -12.0. The highest BCUT2D eigenvalue weighted by Crippen LogP contribution is 2.23. The SMILES string of the molecule is CN1C(=O)[C@@H](Cc2ccc(O)cc2)NC(=O)CNC(=O)[C@H](Cc2ccc3ccccc3c2)NC(=O)[C@H](CCCCC(=N)N)NC(=O)[C@H]1CCCNC(=O)CCCC(=O)NCCC[C@@H]1C(=O)N[C@@H](CCCCC(=N)N)C(=O)N[C@@H](Cc2ccc3ccccc3c2)C(=O)NCC(=O)N[C@H](Cc2ccc(O)cc2)C(=O)N1C. The van der Waals surface area contributed by atoms with Crippen molar-refractivity contribution in [3.63, 3.8) is 0 Å².